The lowest BCUT2D eigenvalue weighted by atomic mass is 10.1. The highest BCUT2D eigenvalue weighted by molar-refractivity contribution is 7.99. The first-order valence-electron chi connectivity index (χ1n) is 6.77. The van der Waals surface area contributed by atoms with E-state index < -0.39 is 0 Å². The number of benzene rings is 1. The van der Waals surface area contributed by atoms with E-state index in [4.69, 9.17) is 4.74 Å². The Morgan fingerprint density at radius 2 is 2.18 bits per heavy atom. The van der Waals surface area contributed by atoms with Crippen molar-refractivity contribution in [3.8, 4) is 0 Å². The van der Waals surface area contributed by atoms with Crippen LogP contribution in [0.15, 0.2) is 46.6 Å². The standard InChI is InChI=1S/C16H15N3O2S/c1-11(20)3-4-12-5-6-14-13(9-12)19(10-21-2)15-16(22-14)18-8-7-17-15/h3-9H,10H2,1-2H3/b4-3+. The van der Waals surface area contributed by atoms with Crippen LogP contribution in [0.4, 0.5) is 11.5 Å². The Kier molecular flexibility index (Phi) is 4.22. The van der Waals surface area contributed by atoms with Gasteiger partial charge in [0.1, 0.15) is 11.8 Å². The summed E-state index contributed by atoms with van der Waals surface area (Å²) in [5.74, 6) is 0.812. The van der Waals surface area contributed by atoms with Gasteiger partial charge in [0, 0.05) is 24.4 Å². The van der Waals surface area contributed by atoms with E-state index in [1.54, 1.807) is 37.3 Å². The summed E-state index contributed by atoms with van der Waals surface area (Å²) in [7, 11) is 1.65. The monoisotopic (exact) mass is 313 g/mol. The van der Waals surface area contributed by atoms with Crippen LogP contribution in [0.1, 0.15) is 12.5 Å². The van der Waals surface area contributed by atoms with Gasteiger partial charge >= 0.3 is 0 Å². The molecule has 0 spiro atoms. The van der Waals surface area contributed by atoms with Crippen LogP contribution in [-0.2, 0) is 9.53 Å². The van der Waals surface area contributed by atoms with Gasteiger partial charge in [-0.15, -0.1) is 0 Å². The van der Waals surface area contributed by atoms with E-state index in [9.17, 15) is 4.79 Å². The molecule has 1 aliphatic rings. The van der Waals surface area contributed by atoms with Crippen LogP contribution in [0.3, 0.4) is 0 Å². The van der Waals surface area contributed by atoms with Gasteiger partial charge in [0.25, 0.3) is 0 Å². The molecule has 0 aliphatic carbocycles. The van der Waals surface area contributed by atoms with Crippen molar-refractivity contribution in [3.05, 3.63) is 42.2 Å². The first kappa shape index (κ1) is 14.7. The first-order valence-corrected chi connectivity index (χ1v) is 7.58. The third kappa shape index (κ3) is 2.88. The SMILES string of the molecule is COCN1c2cc(/C=C/C(C)=O)ccc2Sc2nccnc21. The molecule has 1 aromatic carbocycles. The number of nitrogens with zero attached hydrogens (tertiary/aromatic N) is 3. The number of hydrogen-bond acceptors (Lipinski definition) is 6. The minimum atomic E-state index is 0.0251. The second kappa shape index (κ2) is 6.29. The molecule has 0 saturated carbocycles. The van der Waals surface area contributed by atoms with Crippen molar-refractivity contribution in [1.29, 1.82) is 0 Å². The smallest absolute Gasteiger partial charge is 0.168 e. The molecule has 22 heavy (non-hydrogen) atoms. The van der Waals surface area contributed by atoms with Crippen molar-refractivity contribution < 1.29 is 9.53 Å². The molecule has 1 aliphatic heterocycles. The summed E-state index contributed by atoms with van der Waals surface area (Å²) in [6, 6.07) is 6.04. The number of rotatable bonds is 4. The lowest BCUT2D eigenvalue weighted by Crippen LogP contribution is -2.24. The molecule has 0 amide bonds. The first-order chi connectivity index (χ1) is 10.7. The molecule has 0 fully saturated rings. The topological polar surface area (TPSA) is 55.3 Å². The predicted octanol–water partition coefficient (Wildman–Crippen LogP) is 3.29. The zero-order chi connectivity index (χ0) is 15.5. The third-order valence-electron chi connectivity index (χ3n) is 3.15. The maximum Gasteiger partial charge on any atom is 0.168 e. The predicted molar refractivity (Wildman–Crippen MR) is 86.3 cm³/mol. The Bertz CT molecular complexity index is 746. The Morgan fingerprint density at radius 3 is 2.95 bits per heavy atom. The summed E-state index contributed by atoms with van der Waals surface area (Å²) in [4.78, 5) is 23.0. The fourth-order valence-corrected chi connectivity index (χ4v) is 3.19. The van der Waals surface area contributed by atoms with Crippen molar-refractivity contribution in [2.75, 3.05) is 18.7 Å². The Balaban J connectivity index is 2.04. The molecule has 3 rings (SSSR count). The van der Waals surface area contributed by atoms with E-state index >= 15 is 0 Å². The molecule has 0 atom stereocenters. The maximum absolute atomic E-state index is 11.1. The molecule has 6 heteroatoms. The van der Waals surface area contributed by atoms with E-state index in [1.165, 1.54) is 6.92 Å². The van der Waals surface area contributed by atoms with Crippen molar-refractivity contribution >= 4 is 35.1 Å². The highest BCUT2D eigenvalue weighted by atomic mass is 32.2. The molecule has 2 heterocycles. The molecule has 0 saturated heterocycles. The lowest BCUT2D eigenvalue weighted by Gasteiger charge is -2.30. The lowest BCUT2D eigenvalue weighted by molar-refractivity contribution is -0.112. The van der Waals surface area contributed by atoms with Crippen molar-refractivity contribution in [3.63, 3.8) is 0 Å². The number of fused-ring (bicyclic) bond motifs is 2. The van der Waals surface area contributed by atoms with Crippen molar-refractivity contribution in [1.82, 2.24) is 9.97 Å². The van der Waals surface area contributed by atoms with Crippen LogP contribution in [0, 0.1) is 0 Å². The number of ether oxygens (including phenoxy) is 1. The van der Waals surface area contributed by atoms with Crippen molar-refractivity contribution in [2.45, 2.75) is 16.8 Å². The number of hydrogen-bond donors (Lipinski definition) is 0. The average Bonchev–Trinajstić information content (AvgIpc) is 2.53. The number of methoxy groups -OCH3 is 1. The normalized spacial score (nSPS) is 13.1. The summed E-state index contributed by atoms with van der Waals surface area (Å²) in [6.07, 6.45) is 6.73. The zero-order valence-electron chi connectivity index (χ0n) is 12.3. The largest absolute Gasteiger partial charge is 0.364 e. The molecular formula is C16H15N3O2S. The number of carbonyl (C=O) groups is 1. The molecule has 0 N–H and O–H groups in total. The second-order valence-corrected chi connectivity index (χ2v) is 5.83. The minimum Gasteiger partial charge on any atom is -0.364 e. The van der Waals surface area contributed by atoms with Gasteiger partial charge < -0.3 is 4.74 Å². The minimum absolute atomic E-state index is 0.0251. The quantitative estimate of drug-likeness (QED) is 0.807. The summed E-state index contributed by atoms with van der Waals surface area (Å²) in [6.45, 7) is 1.92. The Hall–Kier alpha value is -2.18. The van der Waals surface area contributed by atoms with Crippen LogP contribution in [0.5, 0.6) is 0 Å². The third-order valence-corrected chi connectivity index (χ3v) is 4.20. The fourth-order valence-electron chi connectivity index (χ4n) is 2.20. The fraction of sp³-hybridized carbons (Fsp3) is 0.188. The molecule has 0 unspecified atom stereocenters. The summed E-state index contributed by atoms with van der Waals surface area (Å²) in [5, 5.41) is 0.860. The second-order valence-electron chi connectivity index (χ2n) is 4.80. The van der Waals surface area contributed by atoms with Gasteiger partial charge in [0.15, 0.2) is 11.6 Å². The van der Waals surface area contributed by atoms with Gasteiger partial charge in [-0.25, -0.2) is 9.97 Å². The number of allylic oxidation sites excluding steroid dienone is 1. The number of aromatic nitrogens is 2. The highest BCUT2D eigenvalue weighted by Gasteiger charge is 2.25. The molecule has 0 radical (unpaired) electrons. The molecule has 112 valence electrons. The summed E-state index contributed by atoms with van der Waals surface area (Å²) in [5.41, 5.74) is 1.97. The van der Waals surface area contributed by atoms with Crippen LogP contribution in [-0.4, -0.2) is 29.6 Å². The van der Waals surface area contributed by atoms with Gasteiger partial charge in [-0.2, -0.15) is 0 Å². The van der Waals surface area contributed by atoms with Crippen molar-refractivity contribution in [2.24, 2.45) is 0 Å². The van der Waals surface area contributed by atoms with Crippen LogP contribution < -0.4 is 4.90 Å². The van der Waals surface area contributed by atoms with E-state index in [2.05, 4.69) is 9.97 Å². The Labute approximate surface area is 133 Å². The summed E-state index contributed by atoms with van der Waals surface area (Å²) >= 11 is 1.58. The van der Waals surface area contributed by atoms with E-state index in [1.807, 2.05) is 29.2 Å². The van der Waals surface area contributed by atoms with Gasteiger partial charge in [-0.3, -0.25) is 9.69 Å². The molecule has 0 bridgehead atoms. The van der Waals surface area contributed by atoms with Crippen LogP contribution >= 0.6 is 11.8 Å². The van der Waals surface area contributed by atoms with Crippen LogP contribution in [0.2, 0.25) is 0 Å². The molecule has 1 aromatic heterocycles. The number of anilines is 2. The molecule has 2 aromatic rings. The number of ketones is 1. The van der Waals surface area contributed by atoms with Gasteiger partial charge in [-0.05, 0) is 30.7 Å². The zero-order valence-corrected chi connectivity index (χ0v) is 13.1. The van der Waals surface area contributed by atoms with E-state index in [-0.39, 0.29) is 5.78 Å². The Morgan fingerprint density at radius 1 is 1.36 bits per heavy atom. The summed E-state index contributed by atoms with van der Waals surface area (Å²) < 4.78 is 5.31. The molecular weight excluding hydrogens is 298 g/mol. The number of carbonyl (C=O) groups excluding carboxylic acids is 1. The molecule has 5 nitrogen and oxygen atoms in total. The van der Waals surface area contributed by atoms with E-state index in [0.717, 1.165) is 27.0 Å². The maximum atomic E-state index is 11.1. The van der Waals surface area contributed by atoms with Gasteiger partial charge in [0.2, 0.25) is 0 Å². The highest BCUT2D eigenvalue weighted by Crippen LogP contribution is 2.46. The van der Waals surface area contributed by atoms with Gasteiger partial charge in [0.05, 0.1) is 5.69 Å². The average molecular weight is 313 g/mol. The van der Waals surface area contributed by atoms with E-state index in [0.29, 0.717) is 6.73 Å². The van der Waals surface area contributed by atoms with Gasteiger partial charge in [-0.1, -0.05) is 23.9 Å². The van der Waals surface area contributed by atoms with Crippen LogP contribution in [0.25, 0.3) is 6.08 Å².